The fourth-order valence-electron chi connectivity index (χ4n) is 3.04. The third kappa shape index (κ3) is 3.30. The highest BCUT2D eigenvalue weighted by Crippen LogP contribution is 2.31. The maximum atomic E-state index is 12.0. The van der Waals surface area contributed by atoms with Crippen LogP contribution in [0, 0.1) is 25.2 Å². The van der Waals surface area contributed by atoms with Crippen molar-refractivity contribution < 1.29 is 0 Å². The van der Waals surface area contributed by atoms with E-state index in [4.69, 9.17) is 11.6 Å². The second-order valence-corrected chi connectivity index (χ2v) is 6.39. The summed E-state index contributed by atoms with van der Waals surface area (Å²) >= 11 is 5.94. The summed E-state index contributed by atoms with van der Waals surface area (Å²) in [7, 11) is 0. The monoisotopic (exact) mass is 366 g/mol. The van der Waals surface area contributed by atoms with Crippen LogP contribution in [-0.2, 0) is 0 Å². The Morgan fingerprint density at radius 2 is 1.77 bits per heavy atom. The summed E-state index contributed by atoms with van der Waals surface area (Å²) in [6.07, 6.45) is 1.19. The molecule has 1 N–H and O–H groups in total. The quantitative estimate of drug-likeness (QED) is 0.771. The van der Waals surface area contributed by atoms with Gasteiger partial charge in [0.05, 0.1) is 17.7 Å². The Kier molecular flexibility index (Phi) is 4.74. The Morgan fingerprint density at radius 1 is 1.15 bits per heavy atom. The first-order chi connectivity index (χ1) is 12.4. The lowest BCUT2D eigenvalue weighted by Crippen LogP contribution is -2.30. The van der Waals surface area contributed by atoms with E-state index in [0.29, 0.717) is 10.7 Å². The molecule has 0 radical (unpaired) electrons. The van der Waals surface area contributed by atoms with Gasteiger partial charge in [0.1, 0.15) is 6.33 Å². The van der Waals surface area contributed by atoms with Crippen LogP contribution in [0.2, 0.25) is 5.02 Å². The highest BCUT2D eigenvalue weighted by Gasteiger charge is 2.19. The fraction of sp³-hybridized carbons (Fsp3) is 0.158. The molecule has 0 saturated carbocycles. The van der Waals surface area contributed by atoms with Crippen molar-refractivity contribution in [3.8, 4) is 11.8 Å². The van der Waals surface area contributed by atoms with Crippen molar-refractivity contribution in [2.45, 2.75) is 19.8 Å². The minimum Gasteiger partial charge on any atom is -0.257 e. The van der Waals surface area contributed by atoms with Crippen LogP contribution in [0.1, 0.15) is 28.2 Å². The molecule has 0 aliphatic heterocycles. The third-order valence-electron chi connectivity index (χ3n) is 4.20. The largest absolute Gasteiger partial charge is 0.350 e. The molecule has 0 aliphatic rings. The Balaban J connectivity index is 2.12. The van der Waals surface area contributed by atoms with E-state index in [-0.39, 0.29) is 0 Å². The predicted octanol–water partition coefficient (Wildman–Crippen LogP) is 2.85. The van der Waals surface area contributed by atoms with Gasteiger partial charge in [0.2, 0.25) is 0 Å². The standard InChI is InChI=1S/C19H15ClN4O2/c1-11-7-15(24-10-22-18(25)23-19(24)26)8-12(2)17(11)16(9-21)13-3-5-14(20)6-4-13/h3-8,10,16H,1-2H3,(H,23,25,26). The van der Waals surface area contributed by atoms with Gasteiger partial charge in [-0.3, -0.25) is 9.55 Å². The molecule has 0 aliphatic carbocycles. The molecule has 0 amide bonds. The van der Waals surface area contributed by atoms with Crippen molar-refractivity contribution in [2.24, 2.45) is 0 Å². The first-order valence-corrected chi connectivity index (χ1v) is 8.23. The van der Waals surface area contributed by atoms with Crippen LogP contribution in [-0.4, -0.2) is 14.5 Å². The van der Waals surface area contributed by atoms with Gasteiger partial charge >= 0.3 is 11.4 Å². The fourth-order valence-corrected chi connectivity index (χ4v) is 3.16. The van der Waals surface area contributed by atoms with E-state index in [1.165, 1.54) is 10.9 Å². The molecule has 0 spiro atoms. The summed E-state index contributed by atoms with van der Waals surface area (Å²) in [4.78, 5) is 28.9. The van der Waals surface area contributed by atoms with Gasteiger partial charge in [0.25, 0.3) is 0 Å². The van der Waals surface area contributed by atoms with Gasteiger partial charge < -0.3 is 0 Å². The summed E-state index contributed by atoms with van der Waals surface area (Å²) < 4.78 is 1.26. The number of H-pyrrole nitrogens is 1. The molecule has 6 nitrogen and oxygen atoms in total. The zero-order valence-corrected chi connectivity index (χ0v) is 14.9. The highest BCUT2D eigenvalue weighted by molar-refractivity contribution is 6.30. The second kappa shape index (κ2) is 6.98. The lowest BCUT2D eigenvalue weighted by atomic mass is 9.86. The number of aromatic amines is 1. The number of nitriles is 1. The number of rotatable bonds is 3. The Morgan fingerprint density at radius 3 is 2.31 bits per heavy atom. The van der Waals surface area contributed by atoms with E-state index >= 15 is 0 Å². The molecule has 0 fully saturated rings. The van der Waals surface area contributed by atoms with E-state index in [9.17, 15) is 14.9 Å². The first kappa shape index (κ1) is 17.6. The zero-order valence-electron chi connectivity index (χ0n) is 14.2. The molecule has 0 saturated heterocycles. The van der Waals surface area contributed by atoms with Gasteiger partial charge in [-0.25, -0.2) is 9.59 Å². The Hall–Kier alpha value is -3.17. The summed E-state index contributed by atoms with van der Waals surface area (Å²) in [5.41, 5.74) is 2.77. The van der Waals surface area contributed by atoms with Gasteiger partial charge in [0.15, 0.2) is 0 Å². The van der Waals surface area contributed by atoms with Crippen molar-refractivity contribution >= 4 is 11.6 Å². The maximum Gasteiger partial charge on any atom is 0.350 e. The Labute approximate surface area is 154 Å². The van der Waals surface area contributed by atoms with E-state index in [2.05, 4.69) is 16.0 Å². The summed E-state index contributed by atoms with van der Waals surface area (Å²) in [5.74, 6) is -0.452. The molecule has 2 aromatic carbocycles. The molecule has 26 heavy (non-hydrogen) atoms. The number of nitrogens with one attached hydrogen (secondary N) is 1. The number of aryl methyl sites for hydroxylation is 2. The topological polar surface area (TPSA) is 91.5 Å². The number of aromatic nitrogens is 3. The average molecular weight is 367 g/mol. The third-order valence-corrected chi connectivity index (χ3v) is 4.45. The van der Waals surface area contributed by atoms with Crippen LogP contribution in [0.25, 0.3) is 5.69 Å². The van der Waals surface area contributed by atoms with Gasteiger partial charge in [-0.1, -0.05) is 23.7 Å². The normalized spacial score (nSPS) is 11.8. The number of hydrogen-bond acceptors (Lipinski definition) is 4. The highest BCUT2D eigenvalue weighted by atomic mass is 35.5. The second-order valence-electron chi connectivity index (χ2n) is 5.96. The van der Waals surface area contributed by atoms with Crippen LogP contribution < -0.4 is 11.4 Å². The van der Waals surface area contributed by atoms with Crippen LogP contribution in [0.4, 0.5) is 0 Å². The van der Waals surface area contributed by atoms with Crippen LogP contribution in [0.3, 0.4) is 0 Å². The Bertz CT molecular complexity index is 1100. The van der Waals surface area contributed by atoms with Crippen molar-refractivity contribution in [1.29, 1.82) is 5.26 Å². The van der Waals surface area contributed by atoms with Gasteiger partial charge in [-0.15, -0.1) is 0 Å². The molecular formula is C19H15ClN4O2. The lowest BCUT2D eigenvalue weighted by Gasteiger charge is -2.18. The lowest BCUT2D eigenvalue weighted by molar-refractivity contribution is 0.826. The van der Waals surface area contributed by atoms with Crippen molar-refractivity contribution in [3.63, 3.8) is 0 Å². The van der Waals surface area contributed by atoms with Gasteiger partial charge in [-0.05, 0) is 60.4 Å². The molecule has 3 aromatic rings. The molecule has 1 unspecified atom stereocenters. The summed E-state index contributed by atoms with van der Waals surface area (Å²) in [5, 5.41) is 10.3. The molecular weight excluding hydrogens is 352 g/mol. The number of benzene rings is 2. The van der Waals surface area contributed by atoms with Crippen molar-refractivity contribution in [1.82, 2.24) is 14.5 Å². The molecule has 7 heteroatoms. The summed E-state index contributed by atoms with van der Waals surface area (Å²) in [6, 6.07) is 13.1. The number of halogens is 1. The van der Waals surface area contributed by atoms with E-state index in [1.54, 1.807) is 24.3 Å². The van der Waals surface area contributed by atoms with E-state index in [1.807, 2.05) is 26.0 Å². The average Bonchev–Trinajstić information content (AvgIpc) is 2.59. The minimum absolute atomic E-state index is 0.452. The number of nitrogens with zero attached hydrogens (tertiary/aromatic N) is 3. The molecule has 0 bridgehead atoms. The van der Waals surface area contributed by atoms with Crippen molar-refractivity contribution in [2.75, 3.05) is 0 Å². The first-order valence-electron chi connectivity index (χ1n) is 7.85. The molecule has 1 aromatic heterocycles. The van der Waals surface area contributed by atoms with E-state index in [0.717, 1.165) is 22.3 Å². The van der Waals surface area contributed by atoms with Crippen LogP contribution in [0.5, 0.6) is 0 Å². The number of hydrogen-bond donors (Lipinski definition) is 1. The minimum atomic E-state index is -0.691. The maximum absolute atomic E-state index is 12.0. The zero-order chi connectivity index (χ0) is 18.8. The smallest absolute Gasteiger partial charge is 0.257 e. The van der Waals surface area contributed by atoms with Gasteiger partial charge in [-0.2, -0.15) is 10.2 Å². The van der Waals surface area contributed by atoms with Crippen molar-refractivity contribution in [3.05, 3.63) is 91.0 Å². The molecule has 3 rings (SSSR count). The molecule has 1 atom stereocenters. The molecule has 1 heterocycles. The summed E-state index contributed by atoms with van der Waals surface area (Å²) in [6.45, 7) is 3.77. The molecule has 130 valence electrons. The van der Waals surface area contributed by atoms with Gasteiger partial charge in [0, 0.05) is 5.02 Å². The van der Waals surface area contributed by atoms with E-state index < -0.39 is 17.3 Å². The predicted molar refractivity (Wildman–Crippen MR) is 98.8 cm³/mol. The van der Waals surface area contributed by atoms with Crippen LogP contribution >= 0.6 is 11.6 Å². The SMILES string of the molecule is Cc1cc(-n2cnc(=O)[nH]c2=O)cc(C)c1C(C#N)c1ccc(Cl)cc1. The van der Waals surface area contributed by atoms with Crippen LogP contribution in [0.15, 0.2) is 52.3 Å².